The van der Waals surface area contributed by atoms with Crippen LogP contribution in [0.1, 0.15) is 5.56 Å². The monoisotopic (exact) mass is 262 g/mol. The van der Waals surface area contributed by atoms with Gasteiger partial charge in [-0.15, -0.1) is 11.8 Å². The molecule has 0 radical (unpaired) electrons. The number of amides is 1. The topological polar surface area (TPSA) is 81.4 Å². The number of hydrogen-bond acceptors (Lipinski definition) is 4. The van der Waals surface area contributed by atoms with Crippen LogP contribution in [0.4, 0.5) is 5.69 Å². The molecule has 6 heteroatoms. The Balaban J connectivity index is 2.33. The third kappa shape index (κ3) is 2.31. The van der Waals surface area contributed by atoms with E-state index in [4.69, 9.17) is 10.4 Å². The quantitative estimate of drug-likeness (QED) is 0.862. The molecule has 1 aliphatic heterocycles. The van der Waals surface area contributed by atoms with Gasteiger partial charge in [-0.3, -0.25) is 9.59 Å². The van der Waals surface area contributed by atoms with Gasteiger partial charge in [0.1, 0.15) is 11.3 Å². The van der Waals surface area contributed by atoms with Crippen molar-refractivity contribution in [2.24, 2.45) is 0 Å². The Morgan fingerprint density at radius 1 is 1.50 bits per heavy atom. The normalized spacial score (nSPS) is 19.4. The number of thioether (sulfide) groups is 1. The molecule has 0 spiro atoms. The van der Waals surface area contributed by atoms with Gasteiger partial charge in [-0.1, -0.05) is 12.1 Å². The number of carboxylic acids is 1. The summed E-state index contributed by atoms with van der Waals surface area (Å²) in [5.74, 6) is -0.983. The molecule has 18 heavy (non-hydrogen) atoms. The second kappa shape index (κ2) is 5.10. The summed E-state index contributed by atoms with van der Waals surface area (Å²) >= 11 is 1.12. The molecule has 1 unspecified atom stereocenters. The summed E-state index contributed by atoms with van der Waals surface area (Å²) in [6, 6.07) is 8.71. The van der Waals surface area contributed by atoms with Gasteiger partial charge in [0.15, 0.2) is 0 Å². The van der Waals surface area contributed by atoms with Gasteiger partial charge in [0, 0.05) is 6.54 Å². The van der Waals surface area contributed by atoms with Crippen LogP contribution < -0.4 is 4.90 Å². The number of rotatable bonds is 2. The van der Waals surface area contributed by atoms with Crippen molar-refractivity contribution in [3.8, 4) is 6.07 Å². The first-order valence-electron chi connectivity index (χ1n) is 5.27. The maximum absolute atomic E-state index is 11.8. The summed E-state index contributed by atoms with van der Waals surface area (Å²) in [5, 5.41) is 17.3. The van der Waals surface area contributed by atoms with Crippen molar-refractivity contribution >= 4 is 29.3 Å². The predicted octanol–water partition coefficient (Wildman–Crippen LogP) is 1.09. The number of aliphatic carboxylic acids is 1. The van der Waals surface area contributed by atoms with Crippen molar-refractivity contribution in [2.75, 3.05) is 17.2 Å². The standard InChI is InChI=1S/C12H10N2O3S/c13-5-8-3-1-2-4-9(8)14-6-10(12(16)17)18-7-11(14)15/h1-4,10H,6-7H2,(H,16,17). The van der Waals surface area contributed by atoms with Crippen LogP contribution in [0.5, 0.6) is 0 Å². The first-order chi connectivity index (χ1) is 8.63. The average molecular weight is 262 g/mol. The van der Waals surface area contributed by atoms with E-state index >= 15 is 0 Å². The fourth-order valence-corrected chi connectivity index (χ4v) is 2.65. The smallest absolute Gasteiger partial charge is 0.318 e. The summed E-state index contributed by atoms with van der Waals surface area (Å²) in [4.78, 5) is 24.2. The Kier molecular flexibility index (Phi) is 3.53. The number of hydrogen-bond donors (Lipinski definition) is 1. The van der Waals surface area contributed by atoms with Gasteiger partial charge in [0.25, 0.3) is 0 Å². The lowest BCUT2D eigenvalue weighted by Gasteiger charge is -2.30. The molecule has 1 heterocycles. The molecular formula is C12H10N2O3S. The van der Waals surface area contributed by atoms with E-state index in [9.17, 15) is 9.59 Å². The van der Waals surface area contributed by atoms with E-state index in [1.54, 1.807) is 24.3 Å². The van der Waals surface area contributed by atoms with Gasteiger partial charge in [0.05, 0.1) is 17.0 Å². The Hall–Kier alpha value is -2.00. The number of carbonyl (C=O) groups is 2. The van der Waals surface area contributed by atoms with Gasteiger partial charge in [0.2, 0.25) is 5.91 Å². The molecule has 0 aromatic heterocycles. The minimum atomic E-state index is -0.938. The van der Waals surface area contributed by atoms with E-state index in [-0.39, 0.29) is 18.2 Å². The van der Waals surface area contributed by atoms with Crippen LogP contribution in [0, 0.1) is 11.3 Å². The van der Waals surface area contributed by atoms with Crippen LogP contribution in [0.25, 0.3) is 0 Å². The zero-order valence-corrected chi connectivity index (χ0v) is 10.2. The van der Waals surface area contributed by atoms with E-state index < -0.39 is 11.2 Å². The lowest BCUT2D eigenvalue weighted by atomic mass is 10.1. The number of benzene rings is 1. The number of nitriles is 1. The fourth-order valence-electron chi connectivity index (χ4n) is 1.76. The van der Waals surface area contributed by atoms with Crippen molar-refractivity contribution in [2.45, 2.75) is 5.25 Å². The molecule has 5 nitrogen and oxygen atoms in total. The number of para-hydroxylation sites is 1. The van der Waals surface area contributed by atoms with Crippen LogP contribution in [-0.2, 0) is 9.59 Å². The number of anilines is 1. The molecule has 1 fully saturated rings. The van der Waals surface area contributed by atoms with Crippen LogP contribution in [0.3, 0.4) is 0 Å². The molecule has 0 aliphatic carbocycles. The van der Waals surface area contributed by atoms with E-state index in [2.05, 4.69) is 0 Å². The molecule has 0 bridgehead atoms. The second-order valence-electron chi connectivity index (χ2n) is 3.77. The molecular weight excluding hydrogens is 252 g/mol. The molecule has 1 aromatic rings. The third-order valence-electron chi connectivity index (χ3n) is 2.65. The highest BCUT2D eigenvalue weighted by molar-refractivity contribution is 8.01. The van der Waals surface area contributed by atoms with Crippen LogP contribution in [0.15, 0.2) is 24.3 Å². The molecule has 1 amide bonds. The van der Waals surface area contributed by atoms with E-state index in [0.717, 1.165) is 11.8 Å². The van der Waals surface area contributed by atoms with Crippen molar-refractivity contribution in [1.29, 1.82) is 5.26 Å². The molecule has 2 rings (SSSR count). The first kappa shape index (κ1) is 12.5. The van der Waals surface area contributed by atoms with Crippen molar-refractivity contribution < 1.29 is 14.7 Å². The van der Waals surface area contributed by atoms with Gasteiger partial charge in [-0.25, -0.2) is 0 Å². The Labute approximate surface area is 108 Å². The highest BCUT2D eigenvalue weighted by Crippen LogP contribution is 2.27. The average Bonchev–Trinajstić information content (AvgIpc) is 2.39. The lowest BCUT2D eigenvalue weighted by molar-refractivity contribution is -0.136. The first-order valence-corrected chi connectivity index (χ1v) is 6.32. The second-order valence-corrected chi connectivity index (χ2v) is 4.96. The van der Waals surface area contributed by atoms with Gasteiger partial charge in [-0.05, 0) is 12.1 Å². The van der Waals surface area contributed by atoms with Crippen LogP contribution >= 0.6 is 11.8 Å². The van der Waals surface area contributed by atoms with Crippen LogP contribution in [0.2, 0.25) is 0 Å². The Morgan fingerprint density at radius 3 is 2.89 bits per heavy atom. The van der Waals surface area contributed by atoms with Crippen molar-refractivity contribution in [3.63, 3.8) is 0 Å². The van der Waals surface area contributed by atoms with Crippen LogP contribution in [-0.4, -0.2) is 34.5 Å². The number of nitrogens with zero attached hydrogens (tertiary/aromatic N) is 2. The van der Waals surface area contributed by atoms with Crippen molar-refractivity contribution in [1.82, 2.24) is 0 Å². The Bertz CT molecular complexity index is 538. The van der Waals surface area contributed by atoms with Crippen molar-refractivity contribution in [3.05, 3.63) is 29.8 Å². The summed E-state index contributed by atoms with van der Waals surface area (Å²) in [5.41, 5.74) is 0.860. The van der Waals surface area contributed by atoms with E-state index in [1.807, 2.05) is 6.07 Å². The molecule has 0 saturated carbocycles. The highest BCUT2D eigenvalue weighted by Gasteiger charge is 2.32. The maximum atomic E-state index is 11.8. The molecule has 1 N–H and O–H groups in total. The van der Waals surface area contributed by atoms with E-state index in [0.29, 0.717) is 11.3 Å². The minimum absolute atomic E-state index is 0.0948. The SMILES string of the molecule is N#Cc1ccccc1N1CC(C(=O)O)SCC1=O. The highest BCUT2D eigenvalue weighted by atomic mass is 32.2. The number of carbonyl (C=O) groups excluding carboxylic acids is 1. The largest absolute Gasteiger partial charge is 0.480 e. The molecule has 1 aliphatic rings. The van der Waals surface area contributed by atoms with Gasteiger partial charge in [-0.2, -0.15) is 5.26 Å². The Morgan fingerprint density at radius 2 is 2.22 bits per heavy atom. The fraction of sp³-hybridized carbons (Fsp3) is 0.250. The molecule has 92 valence electrons. The van der Waals surface area contributed by atoms with E-state index in [1.165, 1.54) is 4.90 Å². The zero-order valence-electron chi connectivity index (χ0n) is 9.37. The molecule has 1 aromatic carbocycles. The number of carboxylic acid groups (broad SMARTS) is 1. The summed E-state index contributed by atoms with van der Waals surface area (Å²) in [6.45, 7) is 0.0948. The summed E-state index contributed by atoms with van der Waals surface area (Å²) in [7, 11) is 0. The predicted molar refractivity (Wildman–Crippen MR) is 67.4 cm³/mol. The zero-order chi connectivity index (χ0) is 13.1. The maximum Gasteiger partial charge on any atom is 0.318 e. The lowest BCUT2D eigenvalue weighted by Crippen LogP contribution is -2.45. The minimum Gasteiger partial charge on any atom is -0.480 e. The molecule has 1 atom stereocenters. The summed E-state index contributed by atoms with van der Waals surface area (Å²) in [6.07, 6.45) is 0. The molecule has 1 saturated heterocycles. The van der Waals surface area contributed by atoms with Gasteiger partial charge >= 0.3 is 5.97 Å². The summed E-state index contributed by atoms with van der Waals surface area (Å²) < 4.78 is 0. The van der Waals surface area contributed by atoms with Gasteiger partial charge < -0.3 is 10.0 Å². The third-order valence-corrected chi connectivity index (χ3v) is 3.81.